The van der Waals surface area contributed by atoms with Crippen molar-refractivity contribution in [1.82, 2.24) is 4.98 Å². The van der Waals surface area contributed by atoms with Gasteiger partial charge >= 0.3 is 12.6 Å². The Bertz CT molecular complexity index is 1310. The highest BCUT2D eigenvalue weighted by Gasteiger charge is 2.25. The molecular weight excluding hydrogens is 406 g/mol. The van der Waals surface area contributed by atoms with Gasteiger partial charge in [0.2, 0.25) is 5.89 Å². The molecule has 0 radical (unpaired) electrons. The zero-order chi connectivity index (χ0) is 21.6. The Morgan fingerprint density at radius 2 is 2.07 bits per heavy atom. The maximum atomic E-state index is 12.8. The van der Waals surface area contributed by atoms with Gasteiger partial charge in [0.05, 0.1) is 4.92 Å². The Hall–Kier alpha value is -4.02. The van der Waals surface area contributed by atoms with Gasteiger partial charge in [-0.25, -0.2) is 9.78 Å². The molecule has 4 aromatic rings. The smallest absolute Gasteiger partial charge is 0.387 e. The van der Waals surface area contributed by atoms with Crippen LogP contribution in [0.5, 0.6) is 5.75 Å². The number of nitro benzene ring substituents is 1. The van der Waals surface area contributed by atoms with Crippen LogP contribution in [-0.4, -0.2) is 27.6 Å². The molecule has 0 saturated carbocycles. The first-order valence-corrected chi connectivity index (χ1v) is 8.62. The highest BCUT2D eigenvalue weighted by Crippen LogP contribution is 2.42. The lowest BCUT2D eigenvalue weighted by Crippen LogP contribution is -2.02. The van der Waals surface area contributed by atoms with Gasteiger partial charge in [-0.05, 0) is 18.2 Å². The van der Waals surface area contributed by atoms with Crippen molar-refractivity contribution >= 4 is 33.6 Å². The summed E-state index contributed by atoms with van der Waals surface area (Å²) in [7, 11) is 0. The summed E-state index contributed by atoms with van der Waals surface area (Å²) in [5.74, 6) is -1.55. The number of carboxylic acids is 1. The van der Waals surface area contributed by atoms with E-state index in [2.05, 4.69) is 9.72 Å². The number of aryl methyl sites for hydroxylation is 1. The number of hydrogen-bond acceptors (Lipinski definition) is 7. The number of carbonyl (C=O) groups is 1. The van der Waals surface area contributed by atoms with Crippen molar-refractivity contribution in [3.63, 3.8) is 0 Å². The minimum atomic E-state index is -3.13. The van der Waals surface area contributed by atoms with Crippen molar-refractivity contribution in [2.24, 2.45) is 0 Å². The van der Waals surface area contributed by atoms with Crippen molar-refractivity contribution in [3.05, 3.63) is 51.9 Å². The fraction of sp³-hybridized carbons (Fsp3) is 0.158. The SMILES string of the molecule is CCc1oc(-c2ccc(OC(F)F)c3oc4ccc([N+](=O)[O-])cc4c23)nc1C(=O)O. The number of ether oxygens (including phenoxy) is 1. The van der Waals surface area contributed by atoms with E-state index in [0.717, 1.165) is 0 Å². The molecule has 0 spiro atoms. The van der Waals surface area contributed by atoms with Crippen molar-refractivity contribution in [2.45, 2.75) is 20.0 Å². The van der Waals surface area contributed by atoms with Crippen LogP contribution in [0.25, 0.3) is 33.4 Å². The minimum absolute atomic E-state index is 0.0907. The van der Waals surface area contributed by atoms with Gasteiger partial charge in [0.15, 0.2) is 17.0 Å². The Morgan fingerprint density at radius 1 is 1.30 bits per heavy atom. The molecule has 2 aromatic carbocycles. The Balaban J connectivity index is 2.07. The number of aromatic nitrogens is 1. The highest BCUT2D eigenvalue weighted by molar-refractivity contribution is 6.14. The number of carboxylic acid groups (broad SMARTS) is 1. The Morgan fingerprint density at radius 3 is 2.67 bits per heavy atom. The van der Waals surface area contributed by atoms with Crippen LogP contribution in [0.3, 0.4) is 0 Å². The molecule has 9 nitrogen and oxygen atoms in total. The molecular formula is C19H12F2N2O7. The minimum Gasteiger partial charge on any atom is -0.476 e. The number of oxazole rings is 1. The van der Waals surface area contributed by atoms with Crippen LogP contribution in [0, 0.1) is 10.1 Å². The lowest BCUT2D eigenvalue weighted by atomic mass is 10.1. The zero-order valence-electron chi connectivity index (χ0n) is 15.2. The first-order chi connectivity index (χ1) is 14.3. The molecule has 4 rings (SSSR count). The lowest BCUT2D eigenvalue weighted by molar-refractivity contribution is -0.384. The van der Waals surface area contributed by atoms with E-state index in [1.165, 1.54) is 30.3 Å². The van der Waals surface area contributed by atoms with Crippen molar-refractivity contribution in [1.29, 1.82) is 0 Å². The first kappa shape index (κ1) is 19.3. The molecule has 0 aliphatic rings. The van der Waals surface area contributed by atoms with E-state index in [0.29, 0.717) is 0 Å². The number of fused-ring (bicyclic) bond motifs is 3. The molecule has 0 aliphatic heterocycles. The Labute approximate surface area is 165 Å². The van der Waals surface area contributed by atoms with Gasteiger partial charge in [-0.2, -0.15) is 8.78 Å². The number of alkyl halides is 2. The number of benzene rings is 2. The number of aromatic carboxylic acids is 1. The predicted molar refractivity (Wildman–Crippen MR) is 98.8 cm³/mol. The van der Waals surface area contributed by atoms with E-state index in [1.54, 1.807) is 6.92 Å². The van der Waals surface area contributed by atoms with Crippen LogP contribution >= 0.6 is 0 Å². The van der Waals surface area contributed by atoms with Gasteiger partial charge in [-0.1, -0.05) is 6.92 Å². The zero-order valence-corrected chi connectivity index (χ0v) is 15.2. The summed E-state index contributed by atoms with van der Waals surface area (Å²) in [5.41, 5.74) is -0.232. The topological polar surface area (TPSA) is 129 Å². The molecule has 0 saturated heterocycles. The van der Waals surface area contributed by atoms with Crippen LogP contribution < -0.4 is 4.74 Å². The summed E-state index contributed by atoms with van der Waals surface area (Å²) in [4.78, 5) is 26.0. The van der Waals surface area contributed by atoms with Crippen molar-refractivity contribution in [2.75, 3.05) is 0 Å². The number of nitro groups is 1. The number of non-ortho nitro benzene ring substituents is 1. The molecule has 11 heteroatoms. The van der Waals surface area contributed by atoms with Gasteiger partial charge in [-0.3, -0.25) is 10.1 Å². The molecule has 2 heterocycles. The van der Waals surface area contributed by atoms with Gasteiger partial charge in [0.1, 0.15) is 11.3 Å². The average molecular weight is 418 g/mol. The third-order valence-corrected chi connectivity index (χ3v) is 4.44. The molecule has 0 unspecified atom stereocenters. The third-order valence-electron chi connectivity index (χ3n) is 4.44. The van der Waals surface area contributed by atoms with Gasteiger partial charge in [0.25, 0.3) is 5.69 Å². The molecule has 0 fully saturated rings. The Kier molecular flexibility index (Phi) is 4.57. The average Bonchev–Trinajstić information content (AvgIpc) is 3.29. The van der Waals surface area contributed by atoms with Crippen LogP contribution in [0.15, 0.2) is 39.2 Å². The van der Waals surface area contributed by atoms with Crippen LogP contribution in [0.4, 0.5) is 14.5 Å². The molecule has 1 N–H and O–H groups in total. The number of hydrogen-bond donors (Lipinski definition) is 1. The van der Waals surface area contributed by atoms with Crippen molar-refractivity contribution < 1.29 is 37.2 Å². The summed E-state index contributed by atoms with van der Waals surface area (Å²) < 4.78 is 41.4. The second-order valence-electron chi connectivity index (χ2n) is 6.18. The molecule has 2 aromatic heterocycles. The van der Waals surface area contributed by atoms with E-state index in [4.69, 9.17) is 8.83 Å². The van der Waals surface area contributed by atoms with E-state index in [9.17, 15) is 28.8 Å². The largest absolute Gasteiger partial charge is 0.476 e. The second-order valence-corrected chi connectivity index (χ2v) is 6.18. The van der Waals surface area contributed by atoms with Crippen molar-refractivity contribution in [3.8, 4) is 17.2 Å². The summed E-state index contributed by atoms with van der Waals surface area (Å²) in [5, 5.41) is 20.9. The molecule has 0 amide bonds. The highest BCUT2D eigenvalue weighted by atomic mass is 19.3. The fourth-order valence-corrected chi connectivity index (χ4v) is 3.20. The number of furan rings is 1. The maximum Gasteiger partial charge on any atom is 0.387 e. The van der Waals surface area contributed by atoms with E-state index >= 15 is 0 Å². The molecule has 0 bridgehead atoms. The quantitative estimate of drug-likeness (QED) is 0.342. The third kappa shape index (κ3) is 3.09. The number of nitrogens with zero attached hydrogens (tertiary/aromatic N) is 2. The summed E-state index contributed by atoms with van der Waals surface area (Å²) in [6, 6.07) is 6.32. The van der Waals surface area contributed by atoms with Crippen LogP contribution in [0.1, 0.15) is 23.2 Å². The molecule has 154 valence electrons. The number of halogens is 2. The van der Waals surface area contributed by atoms with Crippen LogP contribution in [0.2, 0.25) is 0 Å². The molecule has 0 atom stereocenters. The van der Waals surface area contributed by atoms with Gasteiger partial charge in [0, 0.05) is 34.9 Å². The van der Waals surface area contributed by atoms with Crippen LogP contribution in [-0.2, 0) is 6.42 Å². The van der Waals surface area contributed by atoms with E-state index < -0.39 is 17.5 Å². The van der Waals surface area contributed by atoms with Gasteiger partial charge < -0.3 is 18.7 Å². The molecule has 30 heavy (non-hydrogen) atoms. The first-order valence-electron chi connectivity index (χ1n) is 8.62. The lowest BCUT2D eigenvalue weighted by Gasteiger charge is -2.06. The van der Waals surface area contributed by atoms with Gasteiger partial charge in [-0.15, -0.1) is 0 Å². The summed E-state index contributed by atoms with van der Waals surface area (Å²) in [6.45, 7) is -1.45. The molecule has 0 aliphatic carbocycles. The number of rotatable bonds is 6. The second kappa shape index (κ2) is 7.10. The predicted octanol–water partition coefficient (Wildman–Crippen LogP) is 5.01. The normalized spacial score (nSPS) is 11.5. The van der Waals surface area contributed by atoms with E-state index in [1.807, 2.05) is 0 Å². The fourth-order valence-electron chi connectivity index (χ4n) is 3.20. The maximum absolute atomic E-state index is 12.8. The summed E-state index contributed by atoms with van der Waals surface area (Å²) in [6.07, 6.45) is 0.252. The van der Waals surface area contributed by atoms with E-state index in [-0.39, 0.29) is 62.7 Å². The summed E-state index contributed by atoms with van der Waals surface area (Å²) >= 11 is 0. The monoisotopic (exact) mass is 418 g/mol. The standard InChI is InChI=1S/C19H12F2N2O7/c1-2-11-15(18(24)25)22-17(29-11)9-4-6-13(30-19(20)21)16-14(9)10-7-8(23(26)27)3-5-12(10)28-16/h3-7,19H,2H2,1H3,(H,24,25).